The van der Waals surface area contributed by atoms with E-state index in [1.807, 2.05) is 0 Å². The van der Waals surface area contributed by atoms with Crippen LogP contribution in [-0.2, 0) is 6.18 Å². The zero-order chi connectivity index (χ0) is 12.2. The van der Waals surface area contributed by atoms with Gasteiger partial charge in [-0.2, -0.15) is 13.2 Å². The van der Waals surface area contributed by atoms with Gasteiger partial charge < -0.3 is 0 Å². The van der Waals surface area contributed by atoms with E-state index in [1.54, 1.807) is 11.3 Å². The second-order valence-electron chi connectivity index (χ2n) is 3.65. The topological polar surface area (TPSA) is 30.2 Å². The number of halogens is 3. The van der Waals surface area contributed by atoms with Crippen molar-refractivity contribution in [2.45, 2.75) is 13.1 Å². The van der Waals surface area contributed by atoms with Crippen molar-refractivity contribution in [3.05, 3.63) is 29.6 Å². The zero-order valence-electron chi connectivity index (χ0n) is 8.62. The highest BCUT2D eigenvalue weighted by Gasteiger charge is 2.31. The number of hydrogen-bond acceptors (Lipinski definition) is 3. The fourth-order valence-corrected chi connectivity index (χ4v) is 2.73. The average Bonchev–Trinajstić information content (AvgIpc) is 2.76. The van der Waals surface area contributed by atoms with Gasteiger partial charge in [-0.3, -0.25) is 4.40 Å². The number of rotatable bonds is 0. The second kappa shape index (κ2) is 3.19. The SMILES string of the molecule is Cc1nnc2sc3ccc(C(F)(F)F)cc3n12. The molecule has 0 aliphatic heterocycles. The lowest BCUT2D eigenvalue weighted by Gasteiger charge is -2.05. The van der Waals surface area contributed by atoms with E-state index < -0.39 is 11.7 Å². The van der Waals surface area contributed by atoms with Gasteiger partial charge in [-0.15, -0.1) is 10.2 Å². The van der Waals surface area contributed by atoms with Crippen LogP contribution >= 0.6 is 11.3 Å². The summed E-state index contributed by atoms with van der Waals surface area (Å²) in [6.07, 6.45) is -4.33. The minimum atomic E-state index is -4.33. The maximum absolute atomic E-state index is 12.6. The van der Waals surface area contributed by atoms with Crippen molar-refractivity contribution in [1.29, 1.82) is 0 Å². The molecule has 0 spiro atoms. The summed E-state index contributed by atoms with van der Waals surface area (Å²) >= 11 is 1.32. The molecule has 0 N–H and O–H groups in total. The molecular formula is C10H6F3N3S. The Morgan fingerprint density at radius 2 is 2.00 bits per heavy atom. The van der Waals surface area contributed by atoms with E-state index in [2.05, 4.69) is 10.2 Å². The van der Waals surface area contributed by atoms with Gasteiger partial charge in [0.1, 0.15) is 5.82 Å². The molecule has 3 nitrogen and oxygen atoms in total. The van der Waals surface area contributed by atoms with E-state index in [-0.39, 0.29) is 0 Å². The molecule has 0 aliphatic carbocycles. The van der Waals surface area contributed by atoms with Crippen molar-refractivity contribution in [1.82, 2.24) is 14.6 Å². The van der Waals surface area contributed by atoms with E-state index in [1.165, 1.54) is 17.4 Å². The number of benzene rings is 1. The maximum atomic E-state index is 12.6. The summed E-state index contributed by atoms with van der Waals surface area (Å²) in [5.41, 5.74) is -0.153. The van der Waals surface area contributed by atoms with Gasteiger partial charge in [0.15, 0.2) is 0 Å². The first-order valence-electron chi connectivity index (χ1n) is 4.78. The predicted octanol–water partition coefficient (Wildman–Crippen LogP) is 3.27. The first kappa shape index (κ1) is 10.5. The Labute approximate surface area is 97.5 Å². The Balaban J connectivity index is 2.40. The van der Waals surface area contributed by atoms with Gasteiger partial charge in [-0.25, -0.2) is 0 Å². The molecule has 17 heavy (non-hydrogen) atoms. The average molecular weight is 257 g/mol. The minimum Gasteiger partial charge on any atom is -0.270 e. The molecule has 0 atom stereocenters. The molecule has 7 heteroatoms. The maximum Gasteiger partial charge on any atom is 0.416 e. The second-order valence-corrected chi connectivity index (χ2v) is 4.66. The molecule has 0 radical (unpaired) electrons. The van der Waals surface area contributed by atoms with Crippen LogP contribution in [0.15, 0.2) is 18.2 Å². The van der Waals surface area contributed by atoms with Crippen molar-refractivity contribution in [2.75, 3.05) is 0 Å². The molecule has 0 bridgehead atoms. The molecule has 0 saturated heterocycles. The third-order valence-corrected chi connectivity index (χ3v) is 3.54. The molecule has 3 rings (SSSR count). The molecule has 0 aliphatic rings. The van der Waals surface area contributed by atoms with Crippen molar-refractivity contribution >= 4 is 26.5 Å². The first-order valence-corrected chi connectivity index (χ1v) is 5.60. The van der Waals surface area contributed by atoms with Crippen LogP contribution in [0, 0.1) is 6.92 Å². The number of nitrogens with zero attached hydrogens (tertiary/aromatic N) is 3. The number of thiazole rings is 1. The number of aromatic nitrogens is 3. The van der Waals surface area contributed by atoms with E-state index in [9.17, 15) is 13.2 Å². The number of fused-ring (bicyclic) bond motifs is 3. The minimum absolute atomic E-state index is 0.502. The van der Waals surface area contributed by atoms with Crippen LogP contribution in [0.3, 0.4) is 0 Å². The van der Waals surface area contributed by atoms with Gasteiger partial charge in [0, 0.05) is 0 Å². The van der Waals surface area contributed by atoms with Crippen molar-refractivity contribution < 1.29 is 13.2 Å². The Bertz CT molecular complexity index is 711. The summed E-state index contributed by atoms with van der Waals surface area (Å²) in [6.45, 7) is 1.71. The molecule has 1 aromatic carbocycles. The third-order valence-electron chi connectivity index (χ3n) is 2.52. The Hall–Kier alpha value is -1.63. The van der Waals surface area contributed by atoms with Crippen LogP contribution in [0.4, 0.5) is 13.2 Å². The van der Waals surface area contributed by atoms with Crippen molar-refractivity contribution in [2.24, 2.45) is 0 Å². The number of aryl methyl sites for hydroxylation is 1. The zero-order valence-corrected chi connectivity index (χ0v) is 9.43. The van der Waals surface area contributed by atoms with E-state index >= 15 is 0 Å². The van der Waals surface area contributed by atoms with Gasteiger partial charge in [-0.05, 0) is 25.1 Å². The Morgan fingerprint density at radius 3 is 2.71 bits per heavy atom. The van der Waals surface area contributed by atoms with Crippen LogP contribution in [0.1, 0.15) is 11.4 Å². The van der Waals surface area contributed by atoms with Crippen LogP contribution < -0.4 is 0 Å². The van der Waals surface area contributed by atoms with Gasteiger partial charge in [0.25, 0.3) is 0 Å². The summed E-state index contributed by atoms with van der Waals surface area (Å²) < 4.78 is 40.2. The fourth-order valence-electron chi connectivity index (χ4n) is 1.74. The normalized spacial score (nSPS) is 12.7. The van der Waals surface area contributed by atoms with E-state index in [4.69, 9.17) is 0 Å². The highest BCUT2D eigenvalue weighted by molar-refractivity contribution is 7.23. The summed E-state index contributed by atoms with van der Waals surface area (Å²) in [7, 11) is 0. The lowest BCUT2D eigenvalue weighted by Crippen LogP contribution is -2.04. The third kappa shape index (κ3) is 1.49. The number of alkyl halides is 3. The van der Waals surface area contributed by atoms with Crippen LogP contribution in [-0.4, -0.2) is 14.6 Å². The van der Waals surface area contributed by atoms with E-state index in [0.29, 0.717) is 16.3 Å². The summed E-state index contributed by atoms with van der Waals surface area (Å²) in [5.74, 6) is 0.588. The summed E-state index contributed by atoms with van der Waals surface area (Å²) in [6, 6.07) is 3.69. The van der Waals surface area contributed by atoms with Gasteiger partial charge >= 0.3 is 6.18 Å². The molecule has 0 fully saturated rings. The van der Waals surface area contributed by atoms with Crippen LogP contribution in [0.25, 0.3) is 15.2 Å². The first-order chi connectivity index (χ1) is 7.97. The molecule has 0 amide bonds. The fraction of sp³-hybridized carbons (Fsp3) is 0.200. The molecule has 0 saturated carbocycles. The lowest BCUT2D eigenvalue weighted by molar-refractivity contribution is -0.137. The Kier molecular flexibility index (Phi) is 1.97. The van der Waals surface area contributed by atoms with Gasteiger partial charge in [-0.1, -0.05) is 11.3 Å². The summed E-state index contributed by atoms with van der Waals surface area (Å²) in [5, 5.41) is 7.74. The highest BCUT2D eigenvalue weighted by atomic mass is 32.1. The smallest absolute Gasteiger partial charge is 0.270 e. The highest BCUT2D eigenvalue weighted by Crippen LogP contribution is 2.34. The largest absolute Gasteiger partial charge is 0.416 e. The Morgan fingerprint density at radius 1 is 1.24 bits per heavy atom. The quantitative estimate of drug-likeness (QED) is 0.618. The van der Waals surface area contributed by atoms with Crippen LogP contribution in [0.2, 0.25) is 0 Å². The number of hydrogen-bond donors (Lipinski definition) is 0. The molecule has 0 unspecified atom stereocenters. The lowest BCUT2D eigenvalue weighted by atomic mass is 10.2. The molecule has 3 aromatic rings. The van der Waals surface area contributed by atoms with Crippen molar-refractivity contribution in [3.8, 4) is 0 Å². The molecular weight excluding hydrogens is 251 g/mol. The standard InChI is InChI=1S/C10H6F3N3S/c1-5-14-15-9-16(5)7-4-6(10(11,12)13)2-3-8(7)17-9/h2-4H,1H3. The van der Waals surface area contributed by atoms with Gasteiger partial charge in [0.05, 0.1) is 15.8 Å². The van der Waals surface area contributed by atoms with Crippen LogP contribution in [0.5, 0.6) is 0 Å². The monoisotopic (exact) mass is 257 g/mol. The van der Waals surface area contributed by atoms with Gasteiger partial charge in [0.2, 0.25) is 4.96 Å². The molecule has 2 heterocycles. The molecule has 88 valence electrons. The van der Waals surface area contributed by atoms with E-state index in [0.717, 1.165) is 16.8 Å². The molecule has 2 aromatic heterocycles. The summed E-state index contributed by atoms with van der Waals surface area (Å²) in [4.78, 5) is 0.608. The predicted molar refractivity (Wildman–Crippen MR) is 58.1 cm³/mol. The van der Waals surface area contributed by atoms with Crippen molar-refractivity contribution in [3.63, 3.8) is 0 Å².